The van der Waals surface area contributed by atoms with E-state index < -0.39 is 11.2 Å². The van der Waals surface area contributed by atoms with Crippen molar-refractivity contribution in [3.8, 4) is 5.75 Å². The number of hydrogen-bond donors (Lipinski definition) is 3. The maximum absolute atomic E-state index is 13.8. The van der Waals surface area contributed by atoms with E-state index >= 15 is 0 Å². The van der Waals surface area contributed by atoms with Crippen LogP contribution in [0.15, 0.2) is 18.2 Å². The Kier molecular flexibility index (Phi) is 8.15. The second-order valence-electron chi connectivity index (χ2n) is 6.53. The van der Waals surface area contributed by atoms with E-state index in [1.165, 1.54) is 13.2 Å². The number of benzene rings is 1. The number of ketones is 2. The average Bonchev–Trinajstić information content (AvgIpc) is 2.60. The molecule has 0 amide bonds. The van der Waals surface area contributed by atoms with Crippen LogP contribution in [0.4, 0.5) is 4.39 Å². The Morgan fingerprint density at radius 3 is 2.00 bits per heavy atom. The second-order valence-corrected chi connectivity index (χ2v) is 6.53. The Hall–Kier alpha value is -1.83. The van der Waals surface area contributed by atoms with Crippen LogP contribution < -0.4 is 4.74 Å². The van der Waals surface area contributed by atoms with E-state index in [1.807, 2.05) is 0 Å². The van der Waals surface area contributed by atoms with Gasteiger partial charge in [-0.05, 0) is 11.6 Å². The first-order valence-corrected chi connectivity index (χ1v) is 7.98. The molecule has 1 aliphatic rings. The summed E-state index contributed by atoms with van der Waals surface area (Å²) in [6, 6.07) is 4.51. The van der Waals surface area contributed by atoms with Crippen LogP contribution >= 0.6 is 0 Å². The minimum Gasteiger partial charge on any atom is -0.497 e. The van der Waals surface area contributed by atoms with Crippen LogP contribution in [-0.4, -0.2) is 53.8 Å². The van der Waals surface area contributed by atoms with Gasteiger partial charge in [-0.1, -0.05) is 13.0 Å². The molecule has 0 unspecified atom stereocenters. The Labute approximate surface area is 146 Å². The molecule has 6 nitrogen and oxygen atoms in total. The van der Waals surface area contributed by atoms with Gasteiger partial charge in [-0.3, -0.25) is 9.59 Å². The zero-order chi connectivity index (χ0) is 19.0. The summed E-state index contributed by atoms with van der Waals surface area (Å²) in [6.07, 6.45) is 0.484. The molecule has 1 saturated carbocycles. The van der Waals surface area contributed by atoms with E-state index in [2.05, 4.69) is 0 Å². The van der Waals surface area contributed by atoms with Crippen molar-refractivity contribution in [1.29, 1.82) is 0 Å². The van der Waals surface area contributed by atoms with E-state index in [0.29, 0.717) is 11.3 Å². The van der Waals surface area contributed by atoms with E-state index in [4.69, 9.17) is 20.1 Å². The molecule has 1 aliphatic carbocycles. The summed E-state index contributed by atoms with van der Waals surface area (Å²) in [7, 11) is 1.46. The molecule has 0 saturated heterocycles. The van der Waals surface area contributed by atoms with Crippen LogP contribution in [0.5, 0.6) is 5.75 Å². The maximum Gasteiger partial charge on any atom is 0.140 e. The van der Waals surface area contributed by atoms with Crippen LogP contribution in [0.3, 0.4) is 0 Å². The number of Topliss-reactive ketones (excluding diaryl/α,β-unsaturated/α-hetero) is 2. The van der Waals surface area contributed by atoms with Gasteiger partial charge in [0.1, 0.15) is 23.1 Å². The average molecular weight is 356 g/mol. The van der Waals surface area contributed by atoms with Crippen molar-refractivity contribution in [2.75, 3.05) is 26.9 Å². The number of ether oxygens (including phenoxy) is 1. The number of carbonyl (C=O) groups is 2. The normalized spacial score (nSPS) is 15.6. The third-order valence-electron chi connectivity index (χ3n) is 4.14. The molecule has 0 radical (unpaired) electrons. The highest BCUT2D eigenvalue weighted by Crippen LogP contribution is 2.32. The topological polar surface area (TPSA) is 104 Å². The highest BCUT2D eigenvalue weighted by Gasteiger charge is 2.28. The SMILES string of the molecule is CC(CO)(CO)CO.COc1ccc(C2CC(=O)CC(=O)C2)c(F)c1. The van der Waals surface area contributed by atoms with Gasteiger partial charge in [-0.15, -0.1) is 0 Å². The number of hydrogen-bond acceptors (Lipinski definition) is 6. The quantitative estimate of drug-likeness (QED) is 0.685. The third kappa shape index (κ3) is 6.19. The first-order chi connectivity index (χ1) is 11.8. The molecule has 7 heteroatoms. The Bertz CT molecular complexity index is 573. The third-order valence-corrected chi connectivity index (χ3v) is 4.14. The van der Waals surface area contributed by atoms with Gasteiger partial charge < -0.3 is 20.1 Å². The molecule has 2 rings (SSSR count). The minimum absolute atomic E-state index is 0.00568. The summed E-state index contributed by atoms with van der Waals surface area (Å²) in [4.78, 5) is 22.6. The van der Waals surface area contributed by atoms with Crippen molar-refractivity contribution in [2.24, 2.45) is 5.41 Å². The maximum atomic E-state index is 13.8. The van der Waals surface area contributed by atoms with E-state index in [1.54, 1.807) is 19.1 Å². The zero-order valence-electron chi connectivity index (χ0n) is 14.5. The van der Waals surface area contributed by atoms with Crippen LogP contribution in [0.2, 0.25) is 0 Å². The van der Waals surface area contributed by atoms with Gasteiger partial charge >= 0.3 is 0 Å². The molecule has 25 heavy (non-hydrogen) atoms. The molecule has 0 bridgehead atoms. The first kappa shape index (κ1) is 21.2. The van der Waals surface area contributed by atoms with E-state index in [9.17, 15) is 14.0 Å². The Morgan fingerprint density at radius 1 is 1.12 bits per heavy atom. The molecule has 0 atom stereocenters. The van der Waals surface area contributed by atoms with Crippen molar-refractivity contribution in [3.63, 3.8) is 0 Å². The summed E-state index contributed by atoms with van der Waals surface area (Å²) < 4.78 is 18.7. The lowest BCUT2D eigenvalue weighted by Gasteiger charge is -2.21. The van der Waals surface area contributed by atoms with Gasteiger partial charge in [0.05, 0.1) is 33.4 Å². The molecule has 1 aromatic rings. The molecule has 1 fully saturated rings. The molecular formula is C18H25FO6. The van der Waals surface area contributed by atoms with Crippen LogP contribution in [0.1, 0.15) is 37.7 Å². The lowest BCUT2D eigenvalue weighted by molar-refractivity contribution is -0.130. The zero-order valence-corrected chi connectivity index (χ0v) is 14.5. The number of aliphatic hydroxyl groups is 3. The molecule has 140 valence electrons. The molecule has 0 spiro atoms. The van der Waals surface area contributed by atoms with Gasteiger partial charge in [-0.2, -0.15) is 0 Å². The second kappa shape index (κ2) is 9.60. The monoisotopic (exact) mass is 356 g/mol. The van der Waals surface area contributed by atoms with E-state index in [0.717, 1.165) is 0 Å². The van der Waals surface area contributed by atoms with Crippen LogP contribution in [0, 0.1) is 11.2 Å². The predicted octanol–water partition coefficient (Wildman–Crippen LogP) is 1.21. The van der Waals surface area contributed by atoms with Crippen LogP contribution in [0.25, 0.3) is 0 Å². The highest BCUT2D eigenvalue weighted by atomic mass is 19.1. The van der Waals surface area contributed by atoms with Gasteiger partial charge in [-0.25, -0.2) is 4.39 Å². The Balaban J connectivity index is 0.000000333. The van der Waals surface area contributed by atoms with Crippen molar-refractivity contribution in [1.82, 2.24) is 0 Å². The summed E-state index contributed by atoms with van der Waals surface area (Å²) in [5.74, 6) is -0.533. The Morgan fingerprint density at radius 2 is 1.64 bits per heavy atom. The smallest absolute Gasteiger partial charge is 0.140 e. The van der Waals surface area contributed by atoms with Gasteiger partial charge in [0.25, 0.3) is 0 Å². The molecule has 0 aromatic heterocycles. The molecule has 3 N–H and O–H groups in total. The summed E-state index contributed by atoms with van der Waals surface area (Å²) >= 11 is 0. The van der Waals surface area contributed by atoms with Crippen molar-refractivity contribution < 1.29 is 34.0 Å². The largest absolute Gasteiger partial charge is 0.497 e. The highest BCUT2D eigenvalue weighted by molar-refractivity contribution is 6.02. The molecule has 0 heterocycles. The lowest BCUT2D eigenvalue weighted by Crippen LogP contribution is -2.29. The number of aliphatic hydroxyl groups excluding tert-OH is 3. The fourth-order valence-corrected chi connectivity index (χ4v) is 2.32. The standard InChI is InChI=1S/C13H13FO3.C5H12O3/c1-17-11-2-3-12(13(14)7-11)8-4-9(15)6-10(16)5-8;1-5(2-6,3-7)4-8/h2-3,7-8H,4-6H2,1H3;6-8H,2-4H2,1H3. The van der Waals surface area contributed by atoms with Gasteiger partial charge in [0.15, 0.2) is 0 Å². The number of rotatable bonds is 5. The fraction of sp³-hybridized carbons (Fsp3) is 0.556. The fourth-order valence-electron chi connectivity index (χ4n) is 2.32. The number of methoxy groups -OCH3 is 1. The number of halogens is 1. The molecule has 0 aliphatic heterocycles. The van der Waals surface area contributed by atoms with Gasteiger partial charge in [0, 0.05) is 30.2 Å². The number of carbonyl (C=O) groups excluding carboxylic acids is 2. The van der Waals surface area contributed by atoms with Crippen LogP contribution in [-0.2, 0) is 9.59 Å². The minimum atomic E-state index is -0.708. The van der Waals surface area contributed by atoms with E-state index in [-0.39, 0.29) is 56.6 Å². The summed E-state index contributed by atoms with van der Waals surface area (Å²) in [5, 5.41) is 25.4. The van der Waals surface area contributed by atoms with Crippen molar-refractivity contribution in [3.05, 3.63) is 29.6 Å². The summed E-state index contributed by atoms with van der Waals surface area (Å²) in [6.45, 7) is 1.06. The van der Waals surface area contributed by atoms with Crippen molar-refractivity contribution in [2.45, 2.75) is 32.1 Å². The lowest BCUT2D eigenvalue weighted by atomic mass is 9.82. The molecule has 1 aromatic carbocycles. The summed E-state index contributed by atoms with van der Waals surface area (Å²) in [5.41, 5.74) is -0.285. The van der Waals surface area contributed by atoms with Crippen molar-refractivity contribution >= 4 is 11.6 Å². The van der Waals surface area contributed by atoms with Gasteiger partial charge in [0.2, 0.25) is 0 Å². The molecular weight excluding hydrogens is 331 g/mol. The predicted molar refractivity (Wildman–Crippen MR) is 88.9 cm³/mol. The first-order valence-electron chi connectivity index (χ1n) is 7.98.